The van der Waals surface area contributed by atoms with E-state index in [0.717, 1.165) is 5.59 Å². The average molecular weight is 238 g/mol. The first-order chi connectivity index (χ1) is 7.77. The zero-order valence-electron chi connectivity index (χ0n) is 11.3. The van der Waals surface area contributed by atoms with Crippen molar-refractivity contribution in [1.82, 2.24) is 9.78 Å². The maximum absolute atomic E-state index is 5.95. The molecule has 0 radical (unpaired) electrons. The number of rotatable bonds is 2. The lowest BCUT2D eigenvalue weighted by molar-refractivity contribution is 0.00578. The largest absolute Gasteiger partial charge is 0.514 e. The minimum atomic E-state index is -0.401. The van der Waals surface area contributed by atoms with Crippen LogP contribution >= 0.6 is 0 Å². The van der Waals surface area contributed by atoms with Gasteiger partial charge in [-0.2, -0.15) is 0 Å². The number of hydrogen-bond acceptors (Lipinski definition) is 4. The molecule has 1 aromatic rings. The summed E-state index contributed by atoms with van der Waals surface area (Å²) >= 11 is 0. The molecule has 0 bridgehead atoms. The molecule has 1 aliphatic heterocycles. The topological polar surface area (TPSA) is 45.5 Å². The van der Waals surface area contributed by atoms with Crippen LogP contribution in [-0.4, -0.2) is 35.2 Å². The van der Waals surface area contributed by atoms with Gasteiger partial charge in [0.05, 0.1) is 23.9 Å². The van der Waals surface area contributed by atoms with Crippen molar-refractivity contribution in [2.75, 3.05) is 7.11 Å². The molecule has 0 aromatic carbocycles. The minimum absolute atomic E-state index is 0.338. The van der Waals surface area contributed by atoms with E-state index in [-0.39, 0.29) is 11.2 Å². The van der Waals surface area contributed by atoms with Crippen molar-refractivity contribution in [3.63, 3.8) is 0 Å². The summed E-state index contributed by atoms with van der Waals surface area (Å²) in [5.41, 5.74) is 0.185. The van der Waals surface area contributed by atoms with Gasteiger partial charge in [-0.15, -0.1) is 5.10 Å². The van der Waals surface area contributed by atoms with Gasteiger partial charge in [0.2, 0.25) is 5.88 Å². The van der Waals surface area contributed by atoms with Crippen LogP contribution in [0.5, 0.6) is 5.88 Å². The smallest absolute Gasteiger partial charge is 0.480 e. The number of hydrogen-bond donors (Lipinski definition) is 0. The maximum Gasteiger partial charge on any atom is 0.514 e. The highest BCUT2D eigenvalue weighted by Gasteiger charge is 2.52. The number of aromatic nitrogens is 2. The molecule has 94 valence electrons. The molecule has 1 aliphatic rings. The Bertz CT molecular complexity index is 412. The first kappa shape index (κ1) is 12.5. The quantitative estimate of drug-likeness (QED) is 0.712. The summed E-state index contributed by atoms with van der Waals surface area (Å²) in [4.78, 5) is 0. The molecular weight excluding hydrogens is 219 g/mol. The maximum atomic E-state index is 5.95. The molecule has 0 atom stereocenters. The van der Waals surface area contributed by atoms with Gasteiger partial charge in [0.1, 0.15) is 0 Å². The molecule has 0 saturated carbocycles. The normalized spacial score (nSPS) is 21.9. The Balaban J connectivity index is 2.28. The third-order valence-corrected chi connectivity index (χ3v) is 3.60. The molecular formula is C11H19BN2O3. The van der Waals surface area contributed by atoms with Crippen LogP contribution in [-0.2, 0) is 16.4 Å². The Morgan fingerprint density at radius 2 is 1.76 bits per heavy atom. The molecule has 2 heterocycles. The molecule has 2 rings (SSSR count). The van der Waals surface area contributed by atoms with E-state index in [0.29, 0.717) is 5.88 Å². The van der Waals surface area contributed by atoms with E-state index in [1.54, 1.807) is 11.8 Å². The second-order valence-corrected chi connectivity index (χ2v) is 5.32. The SMILES string of the molecule is COc1cc(B2OC(C)(C)C(C)(C)O2)n(C)n1. The second kappa shape index (κ2) is 3.75. The van der Waals surface area contributed by atoms with Crippen LogP contribution < -0.4 is 10.3 Å². The molecule has 1 aromatic heterocycles. The standard InChI is InChI=1S/C11H19BN2O3/c1-10(2)11(3,4)17-12(16-10)8-7-9(15-6)13-14(8)5/h7H,1-6H3. The van der Waals surface area contributed by atoms with Crippen LogP contribution in [0.3, 0.4) is 0 Å². The van der Waals surface area contributed by atoms with Crippen molar-refractivity contribution >= 4 is 12.7 Å². The predicted molar refractivity (Wildman–Crippen MR) is 65.5 cm³/mol. The van der Waals surface area contributed by atoms with Gasteiger partial charge in [-0.05, 0) is 27.7 Å². The van der Waals surface area contributed by atoms with Gasteiger partial charge in [0, 0.05) is 13.1 Å². The van der Waals surface area contributed by atoms with Crippen LogP contribution in [0.4, 0.5) is 0 Å². The van der Waals surface area contributed by atoms with E-state index in [1.165, 1.54) is 0 Å². The summed E-state index contributed by atoms with van der Waals surface area (Å²) in [6.07, 6.45) is 0. The van der Waals surface area contributed by atoms with E-state index in [4.69, 9.17) is 14.0 Å². The zero-order valence-corrected chi connectivity index (χ0v) is 11.3. The number of nitrogens with zero attached hydrogens (tertiary/aromatic N) is 2. The van der Waals surface area contributed by atoms with Crippen LogP contribution in [0.25, 0.3) is 0 Å². The van der Waals surface area contributed by atoms with E-state index in [9.17, 15) is 0 Å². The first-order valence-corrected chi connectivity index (χ1v) is 5.70. The summed E-state index contributed by atoms with van der Waals surface area (Å²) < 4.78 is 18.7. The van der Waals surface area contributed by atoms with Gasteiger partial charge in [-0.25, -0.2) is 0 Å². The van der Waals surface area contributed by atoms with Crippen LogP contribution in [0.1, 0.15) is 27.7 Å². The average Bonchev–Trinajstić information content (AvgIpc) is 2.66. The predicted octanol–water partition coefficient (Wildman–Crippen LogP) is 0.728. The van der Waals surface area contributed by atoms with Crippen molar-refractivity contribution < 1.29 is 14.0 Å². The van der Waals surface area contributed by atoms with Crippen molar-refractivity contribution in [2.45, 2.75) is 38.9 Å². The Kier molecular flexibility index (Phi) is 2.74. The fraction of sp³-hybridized carbons (Fsp3) is 0.727. The summed E-state index contributed by atoms with van der Waals surface area (Å²) in [6, 6.07) is 1.84. The molecule has 17 heavy (non-hydrogen) atoms. The Morgan fingerprint density at radius 1 is 1.24 bits per heavy atom. The van der Waals surface area contributed by atoms with Gasteiger partial charge in [0.25, 0.3) is 0 Å². The minimum Gasteiger partial charge on any atom is -0.480 e. The molecule has 1 saturated heterocycles. The Morgan fingerprint density at radius 3 is 2.18 bits per heavy atom. The Hall–Kier alpha value is -1.01. The third-order valence-electron chi connectivity index (χ3n) is 3.60. The summed E-state index contributed by atoms with van der Waals surface area (Å²) in [5.74, 6) is 0.567. The van der Waals surface area contributed by atoms with Crippen LogP contribution in [0.2, 0.25) is 0 Å². The lowest BCUT2D eigenvalue weighted by Gasteiger charge is -2.32. The number of ether oxygens (including phenoxy) is 1. The summed E-state index contributed by atoms with van der Waals surface area (Å²) in [5, 5.41) is 4.20. The molecule has 0 spiro atoms. The molecule has 6 heteroatoms. The highest BCUT2D eigenvalue weighted by molar-refractivity contribution is 6.61. The highest BCUT2D eigenvalue weighted by Crippen LogP contribution is 2.36. The number of aryl methyl sites for hydroxylation is 1. The fourth-order valence-electron chi connectivity index (χ4n) is 1.74. The molecule has 0 unspecified atom stereocenters. The lowest BCUT2D eigenvalue weighted by Crippen LogP contribution is -2.41. The van der Waals surface area contributed by atoms with Gasteiger partial charge < -0.3 is 14.0 Å². The van der Waals surface area contributed by atoms with E-state index < -0.39 is 7.12 Å². The second-order valence-electron chi connectivity index (χ2n) is 5.32. The van der Waals surface area contributed by atoms with E-state index >= 15 is 0 Å². The highest BCUT2D eigenvalue weighted by atomic mass is 16.7. The monoisotopic (exact) mass is 238 g/mol. The first-order valence-electron chi connectivity index (χ1n) is 5.70. The fourth-order valence-corrected chi connectivity index (χ4v) is 1.74. The van der Waals surface area contributed by atoms with Gasteiger partial charge in [-0.1, -0.05) is 0 Å². The van der Waals surface area contributed by atoms with E-state index in [2.05, 4.69) is 5.10 Å². The van der Waals surface area contributed by atoms with Crippen molar-refractivity contribution in [2.24, 2.45) is 7.05 Å². The summed E-state index contributed by atoms with van der Waals surface area (Å²) in [6.45, 7) is 8.11. The van der Waals surface area contributed by atoms with Crippen molar-refractivity contribution in [1.29, 1.82) is 0 Å². The Labute approximate surface area is 102 Å². The number of methoxy groups -OCH3 is 1. The van der Waals surface area contributed by atoms with Gasteiger partial charge in [-0.3, -0.25) is 4.68 Å². The van der Waals surface area contributed by atoms with Gasteiger partial charge in [0.15, 0.2) is 0 Å². The van der Waals surface area contributed by atoms with Crippen molar-refractivity contribution in [3.05, 3.63) is 6.07 Å². The molecule has 0 amide bonds. The van der Waals surface area contributed by atoms with Gasteiger partial charge >= 0.3 is 7.12 Å². The molecule has 5 nitrogen and oxygen atoms in total. The van der Waals surface area contributed by atoms with Crippen LogP contribution in [0.15, 0.2) is 6.07 Å². The van der Waals surface area contributed by atoms with Crippen LogP contribution in [0, 0.1) is 0 Å². The third kappa shape index (κ3) is 1.95. The molecule has 0 N–H and O–H groups in total. The summed E-state index contributed by atoms with van der Waals surface area (Å²) in [7, 11) is 3.04. The lowest BCUT2D eigenvalue weighted by atomic mass is 9.85. The molecule has 1 fully saturated rings. The van der Waals surface area contributed by atoms with Crippen molar-refractivity contribution in [3.8, 4) is 5.88 Å². The van der Waals surface area contributed by atoms with E-state index in [1.807, 2.05) is 40.8 Å². The molecule has 0 aliphatic carbocycles. The zero-order chi connectivity index (χ0) is 12.8.